The first-order valence-electron chi connectivity index (χ1n) is 8.62. The van der Waals surface area contributed by atoms with Gasteiger partial charge in [0.05, 0.1) is 11.6 Å². The van der Waals surface area contributed by atoms with Crippen LogP contribution in [0.1, 0.15) is 28.1 Å². The Morgan fingerprint density at radius 1 is 0.741 bits per heavy atom. The Kier molecular flexibility index (Phi) is 4.63. The first kappa shape index (κ1) is 16.6. The highest BCUT2D eigenvalue weighted by molar-refractivity contribution is 5.81. The smallest absolute Gasteiger partial charge is 0.220 e. The molecule has 0 saturated heterocycles. The molecule has 3 aromatic carbocycles. The number of oxazole rings is 1. The lowest BCUT2D eigenvalue weighted by molar-refractivity contribution is 0.589. The largest absolute Gasteiger partial charge is 0.437 e. The minimum absolute atomic E-state index is 0.554. The van der Waals surface area contributed by atoms with Crippen molar-refractivity contribution in [2.75, 3.05) is 0 Å². The molecule has 0 N–H and O–H groups in total. The fourth-order valence-electron chi connectivity index (χ4n) is 2.73. The highest BCUT2D eigenvalue weighted by atomic mass is 16.3. The number of nitriles is 1. The van der Waals surface area contributed by atoms with Crippen molar-refractivity contribution in [1.82, 2.24) is 4.98 Å². The van der Waals surface area contributed by atoms with Gasteiger partial charge >= 0.3 is 0 Å². The average molecular weight is 348 g/mol. The van der Waals surface area contributed by atoms with E-state index in [1.807, 2.05) is 60.7 Å². The summed E-state index contributed by atoms with van der Waals surface area (Å²) >= 11 is 0. The number of aromatic nitrogens is 1. The van der Waals surface area contributed by atoms with Gasteiger partial charge in [-0.15, -0.1) is 0 Å². The molecule has 0 amide bonds. The molecular formula is C24H16N2O. The number of hydrogen-bond acceptors (Lipinski definition) is 3. The van der Waals surface area contributed by atoms with Gasteiger partial charge in [-0.3, -0.25) is 0 Å². The van der Waals surface area contributed by atoms with Crippen molar-refractivity contribution in [3.63, 3.8) is 0 Å². The van der Waals surface area contributed by atoms with E-state index in [9.17, 15) is 0 Å². The van der Waals surface area contributed by atoms with Gasteiger partial charge in [0.25, 0.3) is 0 Å². The number of fused-ring (bicyclic) bond motifs is 1. The highest BCUT2D eigenvalue weighted by Gasteiger charge is 2.03. The highest BCUT2D eigenvalue weighted by Crippen LogP contribution is 2.20. The average Bonchev–Trinajstić information content (AvgIpc) is 3.14. The lowest BCUT2D eigenvalue weighted by Gasteiger charge is -1.94. The molecule has 0 saturated carbocycles. The second-order valence-corrected chi connectivity index (χ2v) is 6.09. The van der Waals surface area contributed by atoms with E-state index in [-0.39, 0.29) is 0 Å². The van der Waals surface area contributed by atoms with Crippen molar-refractivity contribution in [3.8, 4) is 6.07 Å². The van der Waals surface area contributed by atoms with Crippen LogP contribution in [-0.4, -0.2) is 4.98 Å². The zero-order chi connectivity index (χ0) is 18.5. The third-order valence-electron chi connectivity index (χ3n) is 4.15. The molecule has 0 aliphatic carbocycles. The summed E-state index contributed by atoms with van der Waals surface area (Å²) in [6.07, 6.45) is 7.89. The van der Waals surface area contributed by atoms with Gasteiger partial charge in [-0.05, 0) is 47.0 Å². The van der Waals surface area contributed by atoms with Gasteiger partial charge in [0.15, 0.2) is 5.58 Å². The van der Waals surface area contributed by atoms with Crippen LogP contribution in [0.5, 0.6) is 0 Å². The molecule has 0 bridgehead atoms. The van der Waals surface area contributed by atoms with Gasteiger partial charge < -0.3 is 4.42 Å². The monoisotopic (exact) mass is 348 g/mol. The first-order chi connectivity index (χ1) is 13.3. The summed E-state index contributed by atoms with van der Waals surface area (Å²) in [5.74, 6) is 0.554. The van der Waals surface area contributed by atoms with E-state index >= 15 is 0 Å². The van der Waals surface area contributed by atoms with Gasteiger partial charge in [-0.1, -0.05) is 60.7 Å². The van der Waals surface area contributed by atoms with Crippen molar-refractivity contribution >= 4 is 35.4 Å². The molecule has 3 nitrogen and oxygen atoms in total. The van der Waals surface area contributed by atoms with E-state index in [0.717, 1.165) is 27.8 Å². The molecule has 128 valence electrons. The van der Waals surface area contributed by atoms with E-state index in [1.165, 1.54) is 0 Å². The van der Waals surface area contributed by atoms with Gasteiger partial charge in [0.2, 0.25) is 5.89 Å². The van der Waals surface area contributed by atoms with Crippen LogP contribution in [0.15, 0.2) is 77.2 Å². The molecule has 0 aliphatic rings. The van der Waals surface area contributed by atoms with E-state index in [0.29, 0.717) is 11.5 Å². The molecule has 0 unspecified atom stereocenters. The summed E-state index contributed by atoms with van der Waals surface area (Å²) in [6, 6.07) is 25.6. The third kappa shape index (κ3) is 4.02. The summed E-state index contributed by atoms with van der Waals surface area (Å²) in [5, 5.41) is 8.84. The number of nitrogens with zero attached hydrogens (tertiary/aromatic N) is 2. The second-order valence-electron chi connectivity index (χ2n) is 6.09. The predicted octanol–water partition coefficient (Wildman–Crippen LogP) is 6.04. The molecule has 3 heteroatoms. The summed E-state index contributed by atoms with van der Waals surface area (Å²) in [7, 11) is 0. The van der Waals surface area contributed by atoms with Crippen LogP contribution in [0.2, 0.25) is 0 Å². The number of rotatable bonds is 4. The summed E-state index contributed by atoms with van der Waals surface area (Å²) in [5.41, 5.74) is 5.44. The Bertz CT molecular complexity index is 1160. The Morgan fingerprint density at radius 2 is 1.41 bits per heavy atom. The third-order valence-corrected chi connectivity index (χ3v) is 4.15. The van der Waals surface area contributed by atoms with Crippen molar-refractivity contribution in [1.29, 1.82) is 5.26 Å². The molecule has 1 aromatic heterocycles. The molecule has 1 heterocycles. The van der Waals surface area contributed by atoms with Crippen LogP contribution in [0, 0.1) is 11.3 Å². The Balaban J connectivity index is 1.54. The van der Waals surface area contributed by atoms with Crippen LogP contribution >= 0.6 is 0 Å². The van der Waals surface area contributed by atoms with Crippen molar-refractivity contribution in [2.24, 2.45) is 0 Å². The Morgan fingerprint density at radius 3 is 2.19 bits per heavy atom. The van der Waals surface area contributed by atoms with Crippen LogP contribution in [0.4, 0.5) is 0 Å². The quantitative estimate of drug-likeness (QED) is 0.422. The number of hydrogen-bond donors (Lipinski definition) is 0. The Hall–Kier alpha value is -3.90. The predicted molar refractivity (Wildman–Crippen MR) is 109 cm³/mol. The molecule has 0 atom stereocenters. The topological polar surface area (TPSA) is 49.8 Å². The first-order valence-corrected chi connectivity index (χ1v) is 8.62. The minimum Gasteiger partial charge on any atom is -0.437 e. The van der Waals surface area contributed by atoms with Crippen LogP contribution in [0.25, 0.3) is 35.4 Å². The fourth-order valence-corrected chi connectivity index (χ4v) is 2.73. The van der Waals surface area contributed by atoms with Crippen molar-refractivity contribution in [3.05, 3.63) is 101 Å². The molecular weight excluding hydrogens is 332 g/mol. The second kappa shape index (κ2) is 7.55. The maximum Gasteiger partial charge on any atom is 0.220 e. The van der Waals surface area contributed by atoms with E-state index in [2.05, 4.69) is 35.3 Å². The summed E-state index contributed by atoms with van der Waals surface area (Å²) in [6.45, 7) is 0. The van der Waals surface area contributed by atoms with E-state index in [1.54, 1.807) is 12.1 Å². The van der Waals surface area contributed by atoms with Crippen LogP contribution < -0.4 is 0 Å². The van der Waals surface area contributed by atoms with Gasteiger partial charge in [0.1, 0.15) is 5.52 Å². The maximum atomic E-state index is 8.84. The molecule has 4 rings (SSSR count). The zero-order valence-electron chi connectivity index (χ0n) is 14.5. The number of benzene rings is 3. The van der Waals surface area contributed by atoms with Crippen LogP contribution in [-0.2, 0) is 0 Å². The molecule has 0 fully saturated rings. The lowest BCUT2D eigenvalue weighted by Crippen LogP contribution is -1.76. The molecule has 0 radical (unpaired) electrons. The molecule has 27 heavy (non-hydrogen) atoms. The molecule has 0 aliphatic heterocycles. The molecule has 0 spiro atoms. The minimum atomic E-state index is 0.554. The summed E-state index contributed by atoms with van der Waals surface area (Å²) in [4.78, 5) is 4.54. The standard InChI is InChI=1S/C24H16N2O/c25-17-21-10-7-19(8-11-21)13-15-24-26-22-16-20(12-14-23(22)27-24)9-6-18-4-2-1-3-5-18/h1-16H. The SMILES string of the molecule is N#Cc1ccc(C=Cc2nc3cc(C=Cc4ccccc4)ccc3o2)cc1. The van der Waals surface area contributed by atoms with Crippen molar-refractivity contribution < 1.29 is 4.42 Å². The Labute approximate surface area is 157 Å². The van der Waals surface area contributed by atoms with Gasteiger partial charge in [-0.25, -0.2) is 4.98 Å². The lowest BCUT2D eigenvalue weighted by atomic mass is 10.1. The summed E-state index contributed by atoms with van der Waals surface area (Å²) < 4.78 is 5.78. The fraction of sp³-hybridized carbons (Fsp3) is 0. The molecule has 4 aromatic rings. The van der Waals surface area contributed by atoms with E-state index in [4.69, 9.17) is 9.68 Å². The normalized spacial score (nSPS) is 11.4. The van der Waals surface area contributed by atoms with Crippen molar-refractivity contribution in [2.45, 2.75) is 0 Å². The van der Waals surface area contributed by atoms with Crippen LogP contribution in [0.3, 0.4) is 0 Å². The van der Waals surface area contributed by atoms with Gasteiger partial charge in [0, 0.05) is 6.08 Å². The maximum absolute atomic E-state index is 8.84. The zero-order valence-corrected chi connectivity index (χ0v) is 14.5. The van der Waals surface area contributed by atoms with E-state index < -0.39 is 0 Å². The van der Waals surface area contributed by atoms with Gasteiger partial charge in [-0.2, -0.15) is 5.26 Å².